The second kappa shape index (κ2) is 6.55. The van der Waals surface area contributed by atoms with E-state index in [0.717, 1.165) is 0 Å². The van der Waals surface area contributed by atoms with Gasteiger partial charge in [0.05, 0.1) is 13.2 Å². The van der Waals surface area contributed by atoms with E-state index < -0.39 is 8.32 Å². The Bertz CT molecular complexity index is 389. The number of tetrazole rings is 1. The standard InChI is InChI=1S/C11H25N5O2Si/c1-11(2,3)19(4,5)18-8-6-10-13-15-16(14-10)7-9-17-12/h6-9,12H2,1-5H3. The fraction of sp³-hybridized carbons (Fsp3) is 0.909. The largest absolute Gasteiger partial charge is 0.416 e. The molecule has 8 heteroatoms. The van der Waals surface area contributed by atoms with E-state index >= 15 is 0 Å². The molecule has 0 unspecified atom stereocenters. The highest BCUT2D eigenvalue weighted by atomic mass is 28.4. The molecule has 0 fully saturated rings. The van der Waals surface area contributed by atoms with Gasteiger partial charge in [-0.3, -0.25) is 0 Å². The van der Waals surface area contributed by atoms with E-state index in [4.69, 9.17) is 10.3 Å². The first kappa shape index (κ1) is 16.2. The quantitative estimate of drug-likeness (QED) is 0.597. The Balaban J connectivity index is 2.39. The van der Waals surface area contributed by atoms with E-state index in [2.05, 4.69) is 54.1 Å². The third-order valence-electron chi connectivity index (χ3n) is 3.50. The van der Waals surface area contributed by atoms with Gasteiger partial charge in [-0.15, -0.1) is 10.2 Å². The smallest absolute Gasteiger partial charge is 0.191 e. The van der Waals surface area contributed by atoms with Crippen LogP contribution in [0, 0.1) is 0 Å². The predicted octanol–water partition coefficient (Wildman–Crippen LogP) is 1.13. The summed E-state index contributed by atoms with van der Waals surface area (Å²) >= 11 is 0. The highest BCUT2D eigenvalue weighted by Crippen LogP contribution is 2.36. The molecule has 0 spiro atoms. The molecule has 0 atom stereocenters. The third kappa shape index (κ3) is 4.98. The number of hydrogen-bond donors (Lipinski definition) is 1. The average Bonchev–Trinajstić information content (AvgIpc) is 2.72. The van der Waals surface area contributed by atoms with Crippen molar-refractivity contribution in [3.63, 3.8) is 0 Å². The lowest BCUT2D eigenvalue weighted by Gasteiger charge is -2.36. The van der Waals surface area contributed by atoms with E-state index in [0.29, 0.717) is 32.0 Å². The lowest BCUT2D eigenvalue weighted by atomic mass is 10.2. The lowest BCUT2D eigenvalue weighted by Crippen LogP contribution is -2.41. The van der Waals surface area contributed by atoms with Crippen LogP contribution in [0.15, 0.2) is 0 Å². The first-order chi connectivity index (χ1) is 8.76. The van der Waals surface area contributed by atoms with Crippen LogP contribution in [0.3, 0.4) is 0 Å². The maximum Gasteiger partial charge on any atom is 0.191 e. The van der Waals surface area contributed by atoms with Gasteiger partial charge in [0.25, 0.3) is 0 Å². The molecule has 7 nitrogen and oxygen atoms in total. The molecule has 0 aromatic carbocycles. The van der Waals surface area contributed by atoms with Gasteiger partial charge in [0, 0.05) is 13.0 Å². The van der Waals surface area contributed by atoms with Gasteiger partial charge in [0.2, 0.25) is 0 Å². The Morgan fingerprint density at radius 2 is 1.95 bits per heavy atom. The molecule has 0 radical (unpaired) electrons. The minimum atomic E-state index is -1.69. The molecule has 0 aliphatic rings. The zero-order valence-electron chi connectivity index (χ0n) is 12.5. The van der Waals surface area contributed by atoms with Crippen LogP contribution >= 0.6 is 0 Å². The molecule has 19 heavy (non-hydrogen) atoms. The van der Waals surface area contributed by atoms with Crippen LogP contribution in [0.4, 0.5) is 0 Å². The van der Waals surface area contributed by atoms with Crippen molar-refractivity contribution < 1.29 is 9.26 Å². The Morgan fingerprint density at radius 1 is 1.26 bits per heavy atom. The van der Waals surface area contributed by atoms with Crippen molar-refractivity contribution in [1.82, 2.24) is 20.2 Å². The molecule has 1 aromatic rings. The molecule has 0 saturated heterocycles. The van der Waals surface area contributed by atoms with Crippen molar-refractivity contribution in [3.05, 3.63) is 5.82 Å². The summed E-state index contributed by atoms with van der Waals surface area (Å²) in [5, 5.41) is 12.3. The van der Waals surface area contributed by atoms with Crippen molar-refractivity contribution >= 4 is 8.32 Å². The highest BCUT2D eigenvalue weighted by molar-refractivity contribution is 6.74. The normalized spacial score (nSPS) is 12.9. The maximum atomic E-state index is 6.07. The van der Waals surface area contributed by atoms with E-state index in [-0.39, 0.29) is 5.04 Å². The molecular formula is C11H25N5O2Si. The minimum Gasteiger partial charge on any atom is -0.416 e. The molecule has 0 aliphatic heterocycles. The molecule has 1 heterocycles. The van der Waals surface area contributed by atoms with E-state index in [1.807, 2.05) is 0 Å². The molecule has 1 aromatic heterocycles. The van der Waals surface area contributed by atoms with Gasteiger partial charge in [0.15, 0.2) is 14.1 Å². The molecule has 0 amide bonds. The Kier molecular flexibility index (Phi) is 5.59. The van der Waals surface area contributed by atoms with Crippen molar-refractivity contribution in [1.29, 1.82) is 0 Å². The van der Waals surface area contributed by atoms with Crippen LogP contribution < -0.4 is 5.90 Å². The molecule has 2 N–H and O–H groups in total. The number of aromatic nitrogens is 4. The Morgan fingerprint density at radius 3 is 2.53 bits per heavy atom. The second-order valence-electron chi connectivity index (χ2n) is 6.03. The number of nitrogens with two attached hydrogens (primary N) is 1. The van der Waals surface area contributed by atoms with Gasteiger partial charge in [-0.05, 0) is 23.3 Å². The van der Waals surface area contributed by atoms with Crippen molar-refractivity contribution in [3.8, 4) is 0 Å². The van der Waals surface area contributed by atoms with Crippen molar-refractivity contribution in [2.24, 2.45) is 5.90 Å². The molecule has 0 saturated carbocycles. The molecule has 1 rings (SSSR count). The summed E-state index contributed by atoms with van der Waals surface area (Å²) in [6, 6.07) is 0. The van der Waals surface area contributed by atoms with E-state index in [1.54, 1.807) is 0 Å². The van der Waals surface area contributed by atoms with Gasteiger partial charge in [-0.2, -0.15) is 4.80 Å². The van der Waals surface area contributed by atoms with Gasteiger partial charge in [-0.1, -0.05) is 20.8 Å². The Labute approximate surface area is 115 Å². The fourth-order valence-electron chi connectivity index (χ4n) is 1.22. The minimum absolute atomic E-state index is 0.219. The maximum absolute atomic E-state index is 6.07. The number of rotatable bonds is 7. The Hall–Kier alpha value is -0.833. The molecular weight excluding hydrogens is 262 g/mol. The first-order valence-corrected chi connectivity index (χ1v) is 9.39. The van der Waals surface area contributed by atoms with Gasteiger partial charge >= 0.3 is 0 Å². The summed E-state index contributed by atoms with van der Waals surface area (Å²) in [5.41, 5.74) is 0. The van der Waals surface area contributed by atoms with Crippen molar-refractivity contribution in [2.75, 3.05) is 13.2 Å². The SMILES string of the molecule is CC(C)(C)[Si](C)(C)OCCc1nnn(CCON)n1. The zero-order chi connectivity index (χ0) is 14.5. The third-order valence-corrected chi connectivity index (χ3v) is 8.04. The number of hydrogen-bond acceptors (Lipinski definition) is 6. The second-order valence-corrected chi connectivity index (χ2v) is 10.8. The summed E-state index contributed by atoms with van der Waals surface area (Å²) in [6.45, 7) is 12.6. The van der Waals surface area contributed by atoms with Crippen LogP contribution in [-0.2, 0) is 22.2 Å². The summed E-state index contributed by atoms with van der Waals surface area (Å²) in [4.78, 5) is 5.95. The fourth-order valence-corrected chi connectivity index (χ4v) is 2.26. The summed E-state index contributed by atoms with van der Waals surface area (Å²) in [5.74, 6) is 5.64. The van der Waals surface area contributed by atoms with E-state index in [1.165, 1.54) is 4.80 Å². The van der Waals surface area contributed by atoms with E-state index in [9.17, 15) is 0 Å². The molecule has 0 aliphatic carbocycles. The van der Waals surface area contributed by atoms with Crippen LogP contribution in [0.5, 0.6) is 0 Å². The summed E-state index contributed by atoms with van der Waals surface area (Å²) < 4.78 is 6.07. The summed E-state index contributed by atoms with van der Waals surface area (Å²) in [7, 11) is -1.69. The molecule has 0 bridgehead atoms. The monoisotopic (exact) mass is 287 g/mol. The first-order valence-electron chi connectivity index (χ1n) is 6.48. The molecule has 110 valence electrons. The van der Waals surface area contributed by atoms with Crippen LogP contribution in [0.25, 0.3) is 0 Å². The van der Waals surface area contributed by atoms with Gasteiger partial charge in [0.1, 0.15) is 0 Å². The highest BCUT2D eigenvalue weighted by Gasteiger charge is 2.36. The van der Waals surface area contributed by atoms with Gasteiger partial charge < -0.3 is 9.26 Å². The summed E-state index contributed by atoms with van der Waals surface area (Å²) in [6.07, 6.45) is 0.677. The van der Waals surface area contributed by atoms with Crippen LogP contribution in [0.2, 0.25) is 18.1 Å². The number of nitrogens with zero attached hydrogens (tertiary/aromatic N) is 4. The topological polar surface area (TPSA) is 88.1 Å². The van der Waals surface area contributed by atoms with Crippen LogP contribution in [-0.4, -0.2) is 41.7 Å². The average molecular weight is 287 g/mol. The predicted molar refractivity (Wildman–Crippen MR) is 74.8 cm³/mol. The zero-order valence-corrected chi connectivity index (χ0v) is 13.5. The van der Waals surface area contributed by atoms with Crippen molar-refractivity contribution in [2.45, 2.75) is 51.9 Å². The lowest BCUT2D eigenvalue weighted by molar-refractivity contribution is 0.123. The van der Waals surface area contributed by atoms with Crippen LogP contribution in [0.1, 0.15) is 26.6 Å². The van der Waals surface area contributed by atoms with Gasteiger partial charge in [-0.25, -0.2) is 5.90 Å².